The number of likely N-dealkylation sites (tertiary alicyclic amines) is 1. The van der Waals surface area contributed by atoms with Crippen LogP contribution in [0.4, 0.5) is 4.39 Å². The SMILES string of the molecule is O=C(CC1CSCCN1)NC1CCN(C(=O)c2ccccc2F)CC1. The molecule has 25 heavy (non-hydrogen) atoms. The zero-order chi connectivity index (χ0) is 17.6. The summed E-state index contributed by atoms with van der Waals surface area (Å²) in [5.41, 5.74) is 0.117. The van der Waals surface area contributed by atoms with Gasteiger partial charge in [-0.1, -0.05) is 12.1 Å². The monoisotopic (exact) mass is 365 g/mol. The van der Waals surface area contributed by atoms with Crippen LogP contribution < -0.4 is 10.6 Å². The highest BCUT2D eigenvalue weighted by molar-refractivity contribution is 7.99. The largest absolute Gasteiger partial charge is 0.353 e. The highest BCUT2D eigenvalue weighted by Crippen LogP contribution is 2.16. The molecular weight excluding hydrogens is 341 g/mol. The fourth-order valence-corrected chi connectivity index (χ4v) is 4.24. The zero-order valence-electron chi connectivity index (χ0n) is 14.2. The molecule has 0 spiro atoms. The molecule has 5 nitrogen and oxygen atoms in total. The first-order valence-corrected chi connectivity index (χ1v) is 9.93. The fourth-order valence-electron chi connectivity index (χ4n) is 3.29. The van der Waals surface area contributed by atoms with Gasteiger partial charge in [0.15, 0.2) is 0 Å². The molecule has 2 aliphatic heterocycles. The number of hydrogen-bond acceptors (Lipinski definition) is 4. The van der Waals surface area contributed by atoms with Crippen LogP contribution in [-0.4, -0.2) is 59.9 Å². The molecule has 2 aliphatic rings. The summed E-state index contributed by atoms with van der Waals surface area (Å²) >= 11 is 1.88. The van der Waals surface area contributed by atoms with E-state index in [0.717, 1.165) is 18.1 Å². The lowest BCUT2D eigenvalue weighted by atomic mass is 10.0. The number of amides is 2. The van der Waals surface area contributed by atoms with Gasteiger partial charge in [0.1, 0.15) is 5.82 Å². The van der Waals surface area contributed by atoms with Crippen molar-refractivity contribution in [2.24, 2.45) is 0 Å². The molecular formula is C18H24FN3O2S. The number of nitrogens with one attached hydrogen (secondary N) is 2. The van der Waals surface area contributed by atoms with E-state index in [0.29, 0.717) is 32.4 Å². The Balaban J connectivity index is 1.44. The Morgan fingerprint density at radius 1 is 1.28 bits per heavy atom. The molecule has 0 aliphatic carbocycles. The van der Waals surface area contributed by atoms with Crippen LogP contribution in [0.2, 0.25) is 0 Å². The molecule has 1 aromatic carbocycles. The number of halogens is 1. The predicted molar refractivity (Wildman–Crippen MR) is 97.2 cm³/mol. The number of benzene rings is 1. The second kappa shape index (κ2) is 8.67. The molecule has 0 saturated carbocycles. The first-order chi connectivity index (χ1) is 12.1. The lowest BCUT2D eigenvalue weighted by Gasteiger charge is -2.33. The fraction of sp³-hybridized carbons (Fsp3) is 0.556. The molecule has 1 atom stereocenters. The van der Waals surface area contributed by atoms with Gasteiger partial charge in [0, 0.05) is 49.6 Å². The lowest BCUT2D eigenvalue weighted by Crippen LogP contribution is -2.48. The van der Waals surface area contributed by atoms with Crippen LogP contribution in [0, 0.1) is 5.82 Å². The van der Waals surface area contributed by atoms with Crippen LogP contribution in [0.1, 0.15) is 29.6 Å². The molecule has 136 valence electrons. The number of thioether (sulfide) groups is 1. The summed E-state index contributed by atoms with van der Waals surface area (Å²) in [7, 11) is 0. The van der Waals surface area contributed by atoms with E-state index in [1.807, 2.05) is 11.8 Å². The lowest BCUT2D eigenvalue weighted by molar-refractivity contribution is -0.122. The number of hydrogen-bond donors (Lipinski definition) is 2. The number of carbonyl (C=O) groups is 2. The first kappa shape index (κ1) is 18.2. The molecule has 2 N–H and O–H groups in total. The van der Waals surface area contributed by atoms with E-state index in [2.05, 4.69) is 10.6 Å². The van der Waals surface area contributed by atoms with E-state index in [1.165, 1.54) is 12.1 Å². The molecule has 0 bridgehead atoms. The average molecular weight is 365 g/mol. The molecule has 2 heterocycles. The van der Waals surface area contributed by atoms with Gasteiger partial charge in [-0.2, -0.15) is 11.8 Å². The number of piperidine rings is 1. The Labute approximate surface area is 151 Å². The third kappa shape index (κ3) is 4.95. The number of carbonyl (C=O) groups excluding carboxylic acids is 2. The van der Waals surface area contributed by atoms with E-state index in [9.17, 15) is 14.0 Å². The average Bonchev–Trinajstić information content (AvgIpc) is 2.63. The van der Waals surface area contributed by atoms with Gasteiger partial charge in [0.2, 0.25) is 5.91 Å². The highest BCUT2D eigenvalue weighted by atomic mass is 32.2. The van der Waals surface area contributed by atoms with Crippen molar-refractivity contribution in [3.05, 3.63) is 35.6 Å². The summed E-state index contributed by atoms with van der Waals surface area (Å²) in [6.07, 6.45) is 1.92. The van der Waals surface area contributed by atoms with Crippen LogP contribution in [0.5, 0.6) is 0 Å². The van der Waals surface area contributed by atoms with Gasteiger partial charge in [-0.05, 0) is 25.0 Å². The van der Waals surface area contributed by atoms with Crippen molar-refractivity contribution in [2.75, 3.05) is 31.1 Å². The van der Waals surface area contributed by atoms with Gasteiger partial charge in [-0.15, -0.1) is 0 Å². The van der Waals surface area contributed by atoms with Crippen molar-refractivity contribution in [1.29, 1.82) is 0 Å². The third-order valence-electron chi connectivity index (χ3n) is 4.68. The molecule has 0 aromatic heterocycles. The molecule has 0 radical (unpaired) electrons. The van der Waals surface area contributed by atoms with Gasteiger partial charge < -0.3 is 15.5 Å². The molecule has 2 fully saturated rings. The molecule has 7 heteroatoms. The third-order valence-corrected chi connectivity index (χ3v) is 5.81. The van der Waals surface area contributed by atoms with E-state index in [-0.39, 0.29) is 29.5 Å². The van der Waals surface area contributed by atoms with E-state index < -0.39 is 5.82 Å². The van der Waals surface area contributed by atoms with Crippen molar-refractivity contribution >= 4 is 23.6 Å². The van der Waals surface area contributed by atoms with E-state index in [1.54, 1.807) is 17.0 Å². The van der Waals surface area contributed by atoms with Gasteiger partial charge in [0.05, 0.1) is 5.56 Å². The maximum Gasteiger partial charge on any atom is 0.256 e. The predicted octanol–water partition coefficient (Wildman–Crippen LogP) is 1.64. The normalized spacial score (nSPS) is 21.8. The highest BCUT2D eigenvalue weighted by Gasteiger charge is 2.26. The van der Waals surface area contributed by atoms with E-state index in [4.69, 9.17) is 0 Å². The minimum atomic E-state index is -0.485. The molecule has 2 saturated heterocycles. The van der Waals surface area contributed by atoms with Gasteiger partial charge >= 0.3 is 0 Å². The topological polar surface area (TPSA) is 61.4 Å². The minimum Gasteiger partial charge on any atom is -0.353 e. The van der Waals surface area contributed by atoms with Crippen molar-refractivity contribution in [3.8, 4) is 0 Å². The van der Waals surface area contributed by atoms with Crippen molar-refractivity contribution in [2.45, 2.75) is 31.3 Å². The summed E-state index contributed by atoms with van der Waals surface area (Å²) < 4.78 is 13.8. The Bertz CT molecular complexity index is 614. The Kier molecular flexibility index (Phi) is 6.31. The summed E-state index contributed by atoms with van der Waals surface area (Å²) in [6, 6.07) is 6.40. The number of nitrogens with zero attached hydrogens (tertiary/aromatic N) is 1. The zero-order valence-corrected chi connectivity index (χ0v) is 15.0. The quantitative estimate of drug-likeness (QED) is 0.852. The molecule has 1 unspecified atom stereocenters. The minimum absolute atomic E-state index is 0.0684. The Morgan fingerprint density at radius 3 is 2.72 bits per heavy atom. The van der Waals surface area contributed by atoms with Gasteiger partial charge in [-0.25, -0.2) is 4.39 Å². The second-order valence-electron chi connectivity index (χ2n) is 6.54. The smallest absolute Gasteiger partial charge is 0.256 e. The van der Waals surface area contributed by atoms with Crippen LogP contribution in [0.25, 0.3) is 0 Å². The van der Waals surface area contributed by atoms with Gasteiger partial charge in [0.25, 0.3) is 5.91 Å². The standard InChI is InChI=1S/C18H24FN3O2S/c19-16-4-2-1-3-15(16)18(24)22-8-5-13(6-9-22)21-17(23)11-14-12-25-10-7-20-14/h1-4,13-14,20H,5-12H2,(H,21,23). The van der Waals surface area contributed by atoms with Crippen molar-refractivity contribution in [3.63, 3.8) is 0 Å². The summed E-state index contributed by atoms with van der Waals surface area (Å²) in [5.74, 6) is 1.39. The molecule has 2 amide bonds. The van der Waals surface area contributed by atoms with Crippen molar-refractivity contribution < 1.29 is 14.0 Å². The maximum atomic E-state index is 13.8. The molecule has 1 aromatic rings. The second-order valence-corrected chi connectivity index (χ2v) is 7.69. The van der Waals surface area contributed by atoms with E-state index >= 15 is 0 Å². The first-order valence-electron chi connectivity index (χ1n) is 8.78. The Hall–Kier alpha value is -1.60. The van der Waals surface area contributed by atoms with Crippen LogP contribution >= 0.6 is 11.8 Å². The maximum absolute atomic E-state index is 13.8. The van der Waals surface area contributed by atoms with Crippen LogP contribution in [0.3, 0.4) is 0 Å². The Morgan fingerprint density at radius 2 is 2.04 bits per heavy atom. The summed E-state index contributed by atoms with van der Waals surface area (Å²) in [4.78, 5) is 26.2. The van der Waals surface area contributed by atoms with Crippen LogP contribution in [0.15, 0.2) is 24.3 Å². The summed E-state index contributed by atoms with van der Waals surface area (Å²) in [5, 5.41) is 6.44. The van der Waals surface area contributed by atoms with Crippen LogP contribution in [-0.2, 0) is 4.79 Å². The van der Waals surface area contributed by atoms with Crippen molar-refractivity contribution in [1.82, 2.24) is 15.5 Å². The molecule has 3 rings (SSSR count). The summed E-state index contributed by atoms with van der Waals surface area (Å²) in [6.45, 7) is 2.03. The number of rotatable bonds is 4. The van der Waals surface area contributed by atoms with Gasteiger partial charge in [-0.3, -0.25) is 9.59 Å².